The van der Waals surface area contributed by atoms with Gasteiger partial charge in [-0.1, -0.05) is 11.3 Å². The average molecular weight is 392 g/mol. The Morgan fingerprint density at radius 3 is 2.52 bits per heavy atom. The Kier molecular flexibility index (Phi) is 5.01. The molecule has 144 valence electrons. The molecule has 0 atom stereocenters. The number of carbonyl (C=O) groups excluding carboxylic acids is 3. The molecule has 2 fully saturated rings. The normalized spacial score (nSPS) is 19.4. The van der Waals surface area contributed by atoms with E-state index in [2.05, 4.69) is 5.32 Å². The average Bonchev–Trinajstić information content (AvgIpc) is 3.17. The zero-order chi connectivity index (χ0) is 19.8. The second-order valence-electron chi connectivity index (χ2n) is 6.87. The molecule has 1 N–H and O–H groups in total. The highest BCUT2D eigenvalue weighted by Gasteiger charge is 2.53. The van der Waals surface area contributed by atoms with Gasteiger partial charge in [-0.3, -0.25) is 24.6 Å². The van der Waals surface area contributed by atoms with Crippen LogP contribution in [0.4, 0.5) is 9.80 Å². The molecule has 3 rings (SSSR count). The van der Waals surface area contributed by atoms with E-state index in [0.717, 1.165) is 11.3 Å². The molecule has 2 aliphatic heterocycles. The molecule has 27 heavy (non-hydrogen) atoms. The van der Waals surface area contributed by atoms with Crippen molar-refractivity contribution in [3.05, 3.63) is 33.2 Å². The van der Waals surface area contributed by atoms with Gasteiger partial charge in [-0.05, 0) is 38.8 Å². The third kappa shape index (κ3) is 3.57. The number of hydrogen-bond donors (Lipinski definition) is 1. The quantitative estimate of drug-likeness (QED) is 0.364. The van der Waals surface area contributed by atoms with Gasteiger partial charge in [-0.2, -0.15) is 0 Å². The first-order valence-electron chi connectivity index (χ1n) is 8.60. The van der Waals surface area contributed by atoms with E-state index in [9.17, 15) is 24.5 Å². The SMILES string of the molecule is CC(C)N1C(=O)NC2(CCN(C(=O)/C=C/c3ccc([N+](=O)[O-])s3)CC2)C1=O. The van der Waals surface area contributed by atoms with Gasteiger partial charge in [0.05, 0.1) is 4.92 Å². The first kappa shape index (κ1) is 19.0. The molecule has 1 spiro atoms. The van der Waals surface area contributed by atoms with Gasteiger partial charge < -0.3 is 10.2 Å². The van der Waals surface area contributed by atoms with Gasteiger partial charge in [-0.25, -0.2) is 4.79 Å². The summed E-state index contributed by atoms with van der Waals surface area (Å²) in [6, 6.07) is 2.39. The van der Waals surface area contributed by atoms with E-state index in [1.54, 1.807) is 30.9 Å². The molecule has 1 aromatic rings. The molecule has 3 heterocycles. The van der Waals surface area contributed by atoms with Gasteiger partial charge >= 0.3 is 11.0 Å². The second-order valence-corrected chi connectivity index (χ2v) is 7.97. The fourth-order valence-corrected chi connectivity index (χ4v) is 4.07. The van der Waals surface area contributed by atoms with Gasteiger partial charge in [0, 0.05) is 36.2 Å². The van der Waals surface area contributed by atoms with E-state index in [1.165, 1.54) is 17.0 Å². The number of piperidine rings is 1. The number of imide groups is 1. The maximum Gasteiger partial charge on any atom is 0.325 e. The number of urea groups is 1. The molecule has 9 nitrogen and oxygen atoms in total. The Labute approximate surface area is 159 Å². The summed E-state index contributed by atoms with van der Waals surface area (Å²) in [5.74, 6) is -0.450. The highest BCUT2D eigenvalue weighted by atomic mass is 32.1. The Hall–Kier alpha value is -2.75. The molecule has 0 saturated carbocycles. The minimum absolute atomic E-state index is 0.0206. The lowest BCUT2D eigenvalue weighted by molar-refractivity contribution is -0.380. The molecule has 1 aromatic heterocycles. The van der Waals surface area contributed by atoms with Crippen molar-refractivity contribution in [3.8, 4) is 0 Å². The molecule has 10 heteroatoms. The Morgan fingerprint density at radius 1 is 1.33 bits per heavy atom. The third-order valence-corrected chi connectivity index (χ3v) is 5.82. The van der Waals surface area contributed by atoms with Crippen LogP contribution in [0, 0.1) is 10.1 Å². The van der Waals surface area contributed by atoms with Crippen LogP contribution >= 0.6 is 11.3 Å². The summed E-state index contributed by atoms with van der Waals surface area (Å²) in [6.07, 6.45) is 3.66. The molecule has 0 aliphatic carbocycles. The molecule has 2 aliphatic rings. The van der Waals surface area contributed by atoms with E-state index in [-0.39, 0.29) is 28.9 Å². The number of carbonyl (C=O) groups is 3. The topological polar surface area (TPSA) is 113 Å². The van der Waals surface area contributed by atoms with Crippen molar-refractivity contribution < 1.29 is 19.3 Å². The first-order valence-corrected chi connectivity index (χ1v) is 9.42. The number of likely N-dealkylation sites (tertiary alicyclic amines) is 1. The van der Waals surface area contributed by atoms with Gasteiger partial charge in [-0.15, -0.1) is 0 Å². The zero-order valence-corrected chi connectivity index (χ0v) is 15.8. The van der Waals surface area contributed by atoms with Crippen LogP contribution in [0.2, 0.25) is 0 Å². The lowest BCUT2D eigenvalue weighted by Gasteiger charge is -2.37. The lowest BCUT2D eigenvalue weighted by atomic mass is 9.87. The molecule has 4 amide bonds. The second kappa shape index (κ2) is 7.10. The minimum Gasteiger partial charge on any atom is -0.339 e. The largest absolute Gasteiger partial charge is 0.339 e. The standard InChI is InChI=1S/C17H20N4O5S/c1-11(2)20-15(23)17(18-16(20)24)7-9-19(10-8-17)13(22)5-3-12-4-6-14(27-12)21(25)26/h3-6,11H,7-10H2,1-2H3,(H,18,24)/b5-3+. The smallest absolute Gasteiger partial charge is 0.325 e. The van der Waals surface area contributed by atoms with E-state index in [4.69, 9.17) is 0 Å². The van der Waals surface area contributed by atoms with E-state index < -0.39 is 10.5 Å². The minimum atomic E-state index is -0.920. The molecular formula is C17H20N4O5S. The summed E-state index contributed by atoms with van der Waals surface area (Å²) in [6.45, 7) is 4.28. The molecule has 0 aromatic carbocycles. The number of thiophene rings is 1. The van der Waals surface area contributed by atoms with E-state index in [1.807, 2.05) is 0 Å². The Morgan fingerprint density at radius 2 is 2.00 bits per heavy atom. The van der Waals surface area contributed by atoms with Crippen LogP contribution in [0.1, 0.15) is 31.6 Å². The number of hydrogen-bond acceptors (Lipinski definition) is 6. The van der Waals surface area contributed by atoms with Crippen molar-refractivity contribution in [1.82, 2.24) is 15.1 Å². The summed E-state index contributed by atoms with van der Waals surface area (Å²) in [5, 5.41) is 13.5. The summed E-state index contributed by atoms with van der Waals surface area (Å²) >= 11 is 0.994. The van der Waals surface area contributed by atoms with Crippen molar-refractivity contribution >= 4 is 40.3 Å². The first-order chi connectivity index (χ1) is 12.7. The predicted octanol–water partition coefficient (Wildman–Crippen LogP) is 1.99. The van der Waals surface area contributed by atoms with E-state index >= 15 is 0 Å². The number of amides is 4. The fourth-order valence-electron chi connectivity index (χ4n) is 3.35. The Balaban J connectivity index is 1.61. The lowest BCUT2D eigenvalue weighted by Crippen LogP contribution is -2.55. The van der Waals surface area contributed by atoms with E-state index in [0.29, 0.717) is 30.8 Å². The van der Waals surface area contributed by atoms with Crippen LogP contribution in [0.5, 0.6) is 0 Å². The summed E-state index contributed by atoms with van der Waals surface area (Å²) in [7, 11) is 0. The third-order valence-electron chi connectivity index (χ3n) is 4.82. The van der Waals surface area contributed by atoms with Gasteiger partial charge in [0.1, 0.15) is 5.54 Å². The van der Waals surface area contributed by atoms with Crippen LogP contribution in [0.3, 0.4) is 0 Å². The van der Waals surface area contributed by atoms with Crippen molar-refractivity contribution in [2.75, 3.05) is 13.1 Å². The highest BCUT2D eigenvalue weighted by molar-refractivity contribution is 7.16. The van der Waals surface area contributed by atoms with Gasteiger partial charge in [0.25, 0.3) is 5.91 Å². The van der Waals surface area contributed by atoms with Crippen LogP contribution in [-0.4, -0.2) is 57.2 Å². The van der Waals surface area contributed by atoms with Gasteiger partial charge in [0.15, 0.2) is 0 Å². The van der Waals surface area contributed by atoms with Crippen molar-refractivity contribution in [2.45, 2.75) is 38.3 Å². The molecule has 0 bridgehead atoms. The van der Waals surface area contributed by atoms with Gasteiger partial charge in [0.2, 0.25) is 5.91 Å². The summed E-state index contributed by atoms with van der Waals surface area (Å²) < 4.78 is 0. The highest BCUT2D eigenvalue weighted by Crippen LogP contribution is 2.31. The Bertz CT molecular complexity index is 823. The number of rotatable bonds is 4. The van der Waals surface area contributed by atoms with Crippen LogP contribution in [0.15, 0.2) is 18.2 Å². The number of nitro groups is 1. The molecule has 0 radical (unpaired) electrons. The maximum atomic E-state index is 12.7. The van der Waals surface area contributed by atoms with Crippen LogP contribution in [0.25, 0.3) is 6.08 Å². The summed E-state index contributed by atoms with van der Waals surface area (Å²) in [4.78, 5) is 50.8. The molecule has 0 unspecified atom stereocenters. The fraction of sp³-hybridized carbons (Fsp3) is 0.471. The number of nitrogens with one attached hydrogen (secondary N) is 1. The zero-order valence-electron chi connectivity index (χ0n) is 15.0. The number of nitrogens with zero attached hydrogens (tertiary/aromatic N) is 3. The molecule has 2 saturated heterocycles. The summed E-state index contributed by atoms with van der Waals surface area (Å²) in [5.41, 5.74) is -0.920. The van der Waals surface area contributed by atoms with Crippen molar-refractivity contribution in [3.63, 3.8) is 0 Å². The maximum absolute atomic E-state index is 12.7. The molecular weight excluding hydrogens is 372 g/mol. The predicted molar refractivity (Wildman–Crippen MR) is 99.1 cm³/mol. The van der Waals surface area contributed by atoms with Crippen LogP contribution < -0.4 is 5.32 Å². The van der Waals surface area contributed by atoms with Crippen molar-refractivity contribution in [1.29, 1.82) is 0 Å². The van der Waals surface area contributed by atoms with Crippen LogP contribution in [-0.2, 0) is 9.59 Å². The van der Waals surface area contributed by atoms with Crippen molar-refractivity contribution in [2.24, 2.45) is 0 Å². The monoisotopic (exact) mass is 392 g/mol.